The Hall–Kier alpha value is -2.61. The first-order chi connectivity index (χ1) is 16.6. The van der Waals surface area contributed by atoms with Crippen LogP contribution in [0.1, 0.15) is 28.1 Å². The molecule has 0 bridgehead atoms. The first-order valence-corrected chi connectivity index (χ1v) is 12.9. The van der Waals surface area contributed by atoms with Gasteiger partial charge >= 0.3 is 0 Å². The monoisotopic (exact) mass is 497 g/mol. The molecule has 0 aliphatic carbocycles. The van der Waals surface area contributed by atoms with E-state index >= 15 is 0 Å². The average molecular weight is 498 g/mol. The molecule has 2 aromatic carbocycles. The minimum Gasteiger partial charge on any atom is -0.489 e. The van der Waals surface area contributed by atoms with Gasteiger partial charge in [0.05, 0.1) is 24.9 Å². The first-order valence-electron chi connectivity index (χ1n) is 11.6. The molecule has 5 rings (SSSR count). The fraction of sp³-hybridized carbons (Fsp3) is 0.385. The van der Waals surface area contributed by atoms with Crippen LogP contribution in [0.5, 0.6) is 11.5 Å². The van der Waals surface area contributed by atoms with E-state index in [2.05, 4.69) is 23.0 Å². The summed E-state index contributed by atoms with van der Waals surface area (Å²) < 4.78 is 12.6. The molecule has 1 atom stereocenters. The van der Waals surface area contributed by atoms with Crippen molar-refractivity contribution in [3.05, 3.63) is 63.6 Å². The molecule has 6 nitrogen and oxygen atoms in total. The molecule has 34 heavy (non-hydrogen) atoms. The van der Waals surface area contributed by atoms with Crippen LogP contribution in [0.3, 0.4) is 0 Å². The second-order valence-electron chi connectivity index (χ2n) is 9.00. The molecular weight excluding hydrogens is 470 g/mol. The van der Waals surface area contributed by atoms with Crippen molar-refractivity contribution in [1.82, 2.24) is 14.8 Å². The average Bonchev–Trinajstić information content (AvgIpc) is 3.29. The smallest absolute Gasteiger partial charge is 0.265 e. The third-order valence-electron chi connectivity index (χ3n) is 6.39. The van der Waals surface area contributed by atoms with Crippen LogP contribution in [0.25, 0.3) is 11.1 Å². The fourth-order valence-electron chi connectivity index (χ4n) is 4.69. The summed E-state index contributed by atoms with van der Waals surface area (Å²) in [6.07, 6.45) is 3.98. The second-order valence-corrected chi connectivity index (χ2v) is 10.3. The number of carbonyl (C=O) groups excluding carboxylic acids is 1. The molecule has 1 amide bonds. The number of hydrogen-bond donors (Lipinski definition) is 0. The number of nitrogens with zero attached hydrogens (tertiary/aromatic N) is 3. The zero-order valence-electron chi connectivity index (χ0n) is 19.2. The molecule has 2 aliphatic rings. The summed E-state index contributed by atoms with van der Waals surface area (Å²) >= 11 is 7.64. The molecule has 8 heteroatoms. The number of likely N-dealkylation sites (tertiary alicyclic amines) is 1. The van der Waals surface area contributed by atoms with E-state index in [9.17, 15) is 4.79 Å². The first kappa shape index (κ1) is 23.1. The molecule has 178 valence electrons. The van der Waals surface area contributed by atoms with Crippen molar-refractivity contribution in [3.63, 3.8) is 0 Å². The van der Waals surface area contributed by atoms with Crippen molar-refractivity contribution in [2.24, 2.45) is 5.92 Å². The molecule has 0 N–H and O–H groups in total. The van der Waals surface area contributed by atoms with E-state index < -0.39 is 0 Å². The summed E-state index contributed by atoms with van der Waals surface area (Å²) in [7, 11) is 2.16. The van der Waals surface area contributed by atoms with Gasteiger partial charge in [-0.1, -0.05) is 23.7 Å². The number of benzene rings is 2. The summed E-state index contributed by atoms with van der Waals surface area (Å²) in [5.41, 5.74) is 4.61. The van der Waals surface area contributed by atoms with Crippen molar-refractivity contribution in [2.75, 3.05) is 39.9 Å². The van der Waals surface area contributed by atoms with Crippen LogP contribution in [0.15, 0.2) is 48.1 Å². The number of rotatable bonds is 5. The quantitative estimate of drug-likeness (QED) is 0.483. The zero-order valence-corrected chi connectivity index (χ0v) is 20.8. The Morgan fingerprint density at radius 3 is 2.97 bits per heavy atom. The van der Waals surface area contributed by atoms with E-state index in [1.54, 1.807) is 11.7 Å². The predicted octanol–water partition coefficient (Wildman–Crippen LogP) is 5.22. The summed E-state index contributed by atoms with van der Waals surface area (Å²) in [5.74, 6) is 1.92. The third-order valence-corrected chi connectivity index (χ3v) is 7.38. The van der Waals surface area contributed by atoms with Crippen LogP contribution in [-0.4, -0.2) is 60.6 Å². The Labute approximate surface area is 209 Å². The number of aromatic nitrogens is 1. The Bertz CT molecular complexity index is 1150. The fourth-order valence-corrected chi connectivity index (χ4v) is 5.47. The van der Waals surface area contributed by atoms with E-state index in [1.165, 1.54) is 24.2 Å². The maximum atomic E-state index is 13.1. The molecule has 0 saturated carbocycles. The third kappa shape index (κ3) is 5.22. The van der Waals surface area contributed by atoms with Crippen LogP contribution in [-0.2, 0) is 6.54 Å². The van der Waals surface area contributed by atoms with Gasteiger partial charge in [0.25, 0.3) is 5.91 Å². The molecule has 1 unspecified atom stereocenters. The maximum Gasteiger partial charge on any atom is 0.265 e. The Morgan fingerprint density at radius 2 is 2.18 bits per heavy atom. The highest BCUT2D eigenvalue weighted by Gasteiger charge is 2.26. The van der Waals surface area contributed by atoms with Crippen LogP contribution < -0.4 is 9.47 Å². The summed E-state index contributed by atoms with van der Waals surface area (Å²) in [6, 6.07) is 11.9. The van der Waals surface area contributed by atoms with Gasteiger partial charge in [0.2, 0.25) is 0 Å². The van der Waals surface area contributed by atoms with E-state index in [0.29, 0.717) is 42.1 Å². The number of thiazole rings is 1. The molecule has 1 saturated heterocycles. The van der Waals surface area contributed by atoms with Crippen LogP contribution in [0.4, 0.5) is 0 Å². The SMILES string of the molecule is CN1CCCC(COc2cc(-c3cccc(Cl)c3)cc3c2OCCN(C(=O)c2cncs2)C3)C1. The second kappa shape index (κ2) is 10.3. The lowest BCUT2D eigenvalue weighted by Gasteiger charge is -2.29. The molecular formula is C26H28ClN3O3S. The number of amides is 1. The van der Waals surface area contributed by atoms with E-state index in [4.69, 9.17) is 21.1 Å². The minimum atomic E-state index is -0.0279. The highest BCUT2D eigenvalue weighted by atomic mass is 35.5. The molecule has 2 aliphatic heterocycles. The number of fused-ring (bicyclic) bond motifs is 1. The lowest BCUT2D eigenvalue weighted by molar-refractivity contribution is 0.0737. The molecule has 3 aromatic rings. The van der Waals surface area contributed by atoms with E-state index in [0.717, 1.165) is 41.3 Å². The Morgan fingerprint density at radius 1 is 1.26 bits per heavy atom. The molecule has 1 fully saturated rings. The molecule has 3 heterocycles. The molecule has 1 aromatic heterocycles. The maximum absolute atomic E-state index is 13.1. The van der Waals surface area contributed by atoms with Gasteiger partial charge in [0.1, 0.15) is 11.5 Å². The van der Waals surface area contributed by atoms with Crippen LogP contribution in [0.2, 0.25) is 5.02 Å². The Balaban J connectivity index is 1.47. The van der Waals surface area contributed by atoms with Crippen molar-refractivity contribution >= 4 is 28.8 Å². The number of carbonyl (C=O) groups is 1. The van der Waals surface area contributed by atoms with Gasteiger partial charge in [-0.05, 0) is 61.8 Å². The minimum absolute atomic E-state index is 0.0279. The van der Waals surface area contributed by atoms with Crippen molar-refractivity contribution < 1.29 is 14.3 Å². The van der Waals surface area contributed by atoms with Gasteiger partial charge in [-0.25, -0.2) is 0 Å². The summed E-state index contributed by atoms with van der Waals surface area (Å²) in [4.78, 5) is 21.9. The Kier molecular flexibility index (Phi) is 7.04. The van der Waals surface area contributed by atoms with Gasteiger partial charge in [0.15, 0.2) is 11.5 Å². The van der Waals surface area contributed by atoms with Gasteiger partial charge in [-0.15, -0.1) is 11.3 Å². The number of piperidine rings is 1. The standard InChI is InChI=1S/C26H28ClN3O3S/c1-29-7-3-4-18(14-29)16-33-23-12-20(19-5-2-6-22(27)11-19)10-21-15-30(8-9-32-25(21)23)26(31)24-13-28-17-34-24/h2,5-6,10-13,17-18H,3-4,7-9,14-16H2,1H3. The topological polar surface area (TPSA) is 54.9 Å². The normalized spacial score (nSPS) is 18.6. The number of hydrogen-bond acceptors (Lipinski definition) is 6. The van der Waals surface area contributed by atoms with Gasteiger partial charge in [-0.2, -0.15) is 0 Å². The summed E-state index contributed by atoms with van der Waals surface area (Å²) in [6.45, 7) is 4.18. The number of halogens is 1. The van der Waals surface area contributed by atoms with Crippen molar-refractivity contribution in [2.45, 2.75) is 19.4 Å². The van der Waals surface area contributed by atoms with Crippen LogP contribution >= 0.6 is 22.9 Å². The van der Waals surface area contributed by atoms with E-state index in [1.807, 2.05) is 35.2 Å². The van der Waals surface area contributed by atoms with Gasteiger partial charge in [0, 0.05) is 29.6 Å². The van der Waals surface area contributed by atoms with Crippen LogP contribution in [0, 0.1) is 5.92 Å². The largest absolute Gasteiger partial charge is 0.489 e. The van der Waals surface area contributed by atoms with Gasteiger partial charge in [-0.3, -0.25) is 9.78 Å². The predicted molar refractivity (Wildman–Crippen MR) is 135 cm³/mol. The van der Waals surface area contributed by atoms with Crippen molar-refractivity contribution in [3.8, 4) is 22.6 Å². The lowest BCUT2D eigenvalue weighted by atomic mass is 9.99. The molecule has 0 spiro atoms. The lowest BCUT2D eigenvalue weighted by Crippen LogP contribution is -2.34. The highest BCUT2D eigenvalue weighted by Crippen LogP contribution is 2.39. The summed E-state index contributed by atoms with van der Waals surface area (Å²) in [5, 5.41) is 0.679. The van der Waals surface area contributed by atoms with Gasteiger partial charge < -0.3 is 19.3 Å². The zero-order chi connectivity index (χ0) is 23.5. The number of ether oxygens (including phenoxy) is 2. The van der Waals surface area contributed by atoms with Crippen molar-refractivity contribution in [1.29, 1.82) is 0 Å². The highest BCUT2D eigenvalue weighted by molar-refractivity contribution is 7.11. The van der Waals surface area contributed by atoms with E-state index in [-0.39, 0.29) is 5.91 Å². The molecule has 0 radical (unpaired) electrons.